The number of halogens is 5. The van der Waals surface area contributed by atoms with Crippen molar-refractivity contribution in [2.24, 2.45) is 0 Å². The first-order valence-corrected chi connectivity index (χ1v) is 2.71. The van der Waals surface area contributed by atoms with Crippen molar-refractivity contribution in [3.8, 4) is 0 Å². The van der Waals surface area contributed by atoms with Crippen LogP contribution in [0, 0.1) is 0 Å². The Bertz CT molecular complexity index is 115. The van der Waals surface area contributed by atoms with E-state index in [2.05, 4.69) is 4.74 Å². The van der Waals surface area contributed by atoms with E-state index in [-0.39, 0.29) is 0 Å². The number of methoxy groups -OCH3 is 1. The average Bonchev–Trinajstić information content (AvgIpc) is 1.86. The molecule has 11 heavy (non-hydrogen) atoms. The Morgan fingerprint density at radius 2 is 1.73 bits per heavy atom. The lowest BCUT2D eigenvalue weighted by Crippen LogP contribution is -2.39. The van der Waals surface area contributed by atoms with Gasteiger partial charge in [0.2, 0.25) is 6.17 Å². The van der Waals surface area contributed by atoms with Crippen LogP contribution in [0.4, 0.5) is 22.0 Å². The molecule has 0 N–H and O–H groups in total. The maximum Gasteiger partial charge on any atom is 0.307 e. The van der Waals surface area contributed by atoms with Crippen molar-refractivity contribution in [2.75, 3.05) is 13.7 Å². The standard InChI is InChI=1S/C5H7F5O/c1-11-2-5(9,10)3(6)4(7)8/h3-4H,2H2,1H3. The zero-order chi connectivity index (χ0) is 9.07. The third-order valence-corrected chi connectivity index (χ3v) is 0.961. The van der Waals surface area contributed by atoms with Gasteiger partial charge in [-0.2, -0.15) is 0 Å². The van der Waals surface area contributed by atoms with Crippen molar-refractivity contribution < 1.29 is 26.7 Å². The molecular formula is C5H7F5O. The monoisotopic (exact) mass is 178 g/mol. The number of hydrogen-bond donors (Lipinski definition) is 0. The lowest BCUT2D eigenvalue weighted by Gasteiger charge is -2.18. The van der Waals surface area contributed by atoms with E-state index in [1.165, 1.54) is 0 Å². The van der Waals surface area contributed by atoms with Crippen molar-refractivity contribution in [1.29, 1.82) is 0 Å². The molecule has 0 rings (SSSR count). The molecule has 0 radical (unpaired) electrons. The molecule has 0 bridgehead atoms. The topological polar surface area (TPSA) is 9.23 Å². The molecular weight excluding hydrogens is 171 g/mol. The van der Waals surface area contributed by atoms with Crippen LogP contribution in [0.3, 0.4) is 0 Å². The Balaban J connectivity index is 4.05. The summed E-state index contributed by atoms with van der Waals surface area (Å²) >= 11 is 0. The van der Waals surface area contributed by atoms with Gasteiger partial charge in [-0.15, -0.1) is 0 Å². The second kappa shape index (κ2) is 3.85. The minimum Gasteiger partial charge on any atom is -0.378 e. The van der Waals surface area contributed by atoms with E-state index in [0.29, 0.717) is 0 Å². The van der Waals surface area contributed by atoms with Gasteiger partial charge in [-0.25, -0.2) is 22.0 Å². The summed E-state index contributed by atoms with van der Waals surface area (Å²) in [7, 11) is 0.881. The smallest absolute Gasteiger partial charge is 0.307 e. The molecule has 68 valence electrons. The molecule has 1 nitrogen and oxygen atoms in total. The van der Waals surface area contributed by atoms with Gasteiger partial charge in [0.15, 0.2) is 0 Å². The van der Waals surface area contributed by atoms with Crippen LogP contribution in [0.2, 0.25) is 0 Å². The summed E-state index contributed by atoms with van der Waals surface area (Å²) in [5, 5.41) is 0. The molecule has 0 amide bonds. The summed E-state index contributed by atoms with van der Waals surface area (Å²) in [6.07, 6.45) is -7.14. The quantitative estimate of drug-likeness (QED) is 0.597. The highest BCUT2D eigenvalue weighted by molar-refractivity contribution is 4.78. The van der Waals surface area contributed by atoms with Gasteiger partial charge in [0.05, 0.1) is 0 Å². The summed E-state index contributed by atoms with van der Waals surface area (Å²) in [5.74, 6) is -4.11. The minimum atomic E-state index is -4.11. The second-order valence-electron chi connectivity index (χ2n) is 1.93. The van der Waals surface area contributed by atoms with Gasteiger partial charge in [0.1, 0.15) is 6.61 Å². The van der Waals surface area contributed by atoms with Crippen LogP contribution in [-0.2, 0) is 4.74 Å². The van der Waals surface area contributed by atoms with Gasteiger partial charge < -0.3 is 4.74 Å². The van der Waals surface area contributed by atoms with E-state index in [0.717, 1.165) is 7.11 Å². The highest BCUT2D eigenvalue weighted by atomic mass is 19.3. The van der Waals surface area contributed by atoms with Gasteiger partial charge in [-0.3, -0.25) is 0 Å². The van der Waals surface area contributed by atoms with Gasteiger partial charge in [-0.05, 0) is 0 Å². The Morgan fingerprint density at radius 1 is 1.27 bits per heavy atom. The molecule has 0 aromatic rings. The van der Waals surface area contributed by atoms with Crippen LogP contribution >= 0.6 is 0 Å². The third-order valence-electron chi connectivity index (χ3n) is 0.961. The first-order valence-electron chi connectivity index (χ1n) is 2.71. The molecule has 1 atom stereocenters. The fraction of sp³-hybridized carbons (Fsp3) is 1.00. The number of ether oxygens (including phenoxy) is 1. The summed E-state index contributed by atoms with van der Waals surface area (Å²) in [6.45, 7) is -1.33. The first-order chi connectivity index (χ1) is 4.91. The van der Waals surface area contributed by atoms with E-state index < -0.39 is 25.1 Å². The van der Waals surface area contributed by atoms with Crippen LogP contribution < -0.4 is 0 Å². The van der Waals surface area contributed by atoms with Gasteiger partial charge in [0, 0.05) is 7.11 Å². The van der Waals surface area contributed by atoms with Crippen LogP contribution in [-0.4, -0.2) is 32.2 Å². The molecule has 0 aliphatic heterocycles. The fourth-order valence-corrected chi connectivity index (χ4v) is 0.456. The zero-order valence-electron chi connectivity index (χ0n) is 5.66. The van der Waals surface area contributed by atoms with Crippen molar-refractivity contribution >= 4 is 0 Å². The van der Waals surface area contributed by atoms with Gasteiger partial charge >= 0.3 is 5.92 Å². The van der Waals surface area contributed by atoms with Crippen LogP contribution in [0.15, 0.2) is 0 Å². The summed E-state index contributed by atoms with van der Waals surface area (Å²) < 4.78 is 62.6. The third kappa shape index (κ3) is 3.00. The van der Waals surface area contributed by atoms with Crippen molar-refractivity contribution in [3.05, 3.63) is 0 Å². The number of alkyl halides is 5. The van der Waals surface area contributed by atoms with Crippen molar-refractivity contribution in [1.82, 2.24) is 0 Å². The summed E-state index contributed by atoms with van der Waals surface area (Å²) in [5.41, 5.74) is 0. The molecule has 0 saturated heterocycles. The minimum absolute atomic E-state index is 0.881. The normalized spacial score (nSPS) is 15.5. The van der Waals surface area contributed by atoms with E-state index in [4.69, 9.17) is 0 Å². The Labute approximate surface area is 60.1 Å². The molecule has 0 fully saturated rings. The maximum atomic E-state index is 12.1. The molecule has 0 saturated carbocycles. The predicted molar refractivity (Wildman–Crippen MR) is 27.7 cm³/mol. The Hall–Kier alpha value is -0.390. The highest BCUT2D eigenvalue weighted by Crippen LogP contribution is 2.26. The number of rotatable bonds is 4. The first kappa shape index (κ1) is 10.6. The van der Waals surface area contributed by atoms with Crippen LogP contribution in [0.25, 0.3) is 0 Å². The molecule has 0 aromatic heterocycles. The number of hydrogen-bond acceptors (Lipinski definition) is 1. The molecule has 0 aliphatic rings. The van der Waals surface area contributed by atoms with E-state index in [9.17, 15) is 22.0 Å². The molecule has 0 spiro atoms. The Kier molecular flexibility index (Phi) is 3.71. The summed E-state index contributed by atoms with van der Waals surface area (Å²) in [6, 6.07) is 0. The molecule has 0 heterocycles. The van der Waals surface area contributed by atoms with Gasteiger partial charge in [0.25, 0.3) is 6.43 Å². The van der Waals surface area contributed by atoms with Crippen LogP contribution in [0.5, 0.6) is 0 Å². The largest absolute Gasteiger partial charge is 0.378 e. The highest BCUT2D eigenvalue weighted by Gasteiger charge is 2.46. The maximum absolute atomic E-state index is 12.1. The van der Waals surface area contributed by atoms with E-state index in [1.54, 1.807) is 0 Å². The fourth-order valence-electron chi connectivity index (χ4n) is 0.456. The SMILES string of the molecule is COCC(F)(F)C(F)C(F)F. The second-order valence-corrected chi connectivity index (χ2v) is 1.93. The van der Waals surface area contributed by atoms with Crippen molar-refractivity contribution in [2.45, 2.75) is 18.5 Å². The average molecular weight is 178 g/mol. The molecule has 1 unspecified atom stereocenters. The van der Waals surface area contributed by atoms with Gasteiger partial charge in [-0.1, -0.05) is 0 Å². The molecule has 0 aliphatic carbocycles. The molecule has 6 heteroatoms. The summed E-state index contributed by atoms with van der Waals surface area (Å²) in [4.78, 5) is 0. The lowest BCUT2D eigenvalue weighted by molar-refractivity contribution is -0.156. The zero-order valence-corrected chi connectivity index (χ0v) is 5.66. The Morgan fingerprint density at radius 3 is 2.00 bits per heavy atom. The van der Waals surface area contributed by atoms with Crippen molar-refractivity contribution in [3.63, 3.8) is 0 Å². The van der Waals surface area contributed by atoms with E-state index in [1.807, 2.05) is 0 Å². The molecule has 0 aromatic carbocycles. The lowest BCUT2D eigenvalue weighted by atomic mass is 10.2. The van der Waals surface area contributed by atoms with E-state index >= 15 is 0 Å². The van der Waals surface area contributed by atoms with Crippen LogP contribution in [0.1, 0.15) is 0 Å². The predicted octanol–water partition coefficient (Wildman–Crippen LogP) is 1.87.